The minimum atomic E-state index is -0.811. The zero-order valence-electron chi connectivity index (χ0n) is 14.8. The van der Waals surface area contributed by atoms with E-state index in [1.165, 1.54) is 25.6 Å². The van der Waals surface area contributed by atoms with Crippen molar-refractivity contribution in [1.29, 1.82) is 0 Å². The quantitative estimate of drug-likeness (QED) is 0.389. The Labute approximate surface area is 178 Å². The van der Waals surface area contributed by atoms with Gasteiger partial charge < -0.3 is 0 Å². The molecule has 1 unspecified atom stereocenters. The zero-order chi connectivity index (χ0) is 19.2. The Kier molecular flexibility index (Phi) is 7.02. The third-order valence-electron chi connectivity index (χ3n) is 4.13. The molecule has 1 amide bonds. The van der Waals surface area contributed by atoms with Crippen molar-refractivity contribution >= 4 is 53.0 Å². The van der Waals surface area contributed by atoms with Crippen molar-refractivity contribution in [3.8, 4) is 0 Å². The number of carbonyl (C=O) groups is 1. The summed E-state index contributed by atoms with van der Waals surface area (Å²) < 4.78 is 17.0. The molecule has 0 bridgehead atoms. The first-order valence-corrected chi connectivity index (χ1v) is 11.7. The average molecular weight is 536 g/mol. The number of nitrogens with one attached hydrogen (secondary N) is 1. The van der Waals surface area contributed by atoms with E-state index in [2.05, 4.69) is 58.0 Å². The van der Waals surface area contributed by atoms with Gasteiger partial charge in [0.2, 0.25) is 0 Å². The number of carbonyl (C=O) groups excluding carboxylic acids is 1. The molecule has 1 N–H and O–H groups in total. The van der Waals surface area contributed by atoms with Crippen LogP contribution >= 0.6 is 22.6 Å². The van der Waals surface area contributed by atoms with Gasteiger partial charge in [-0.05, 0) is 0 Å². The number of nitrogens with zero attached hydrogens (tertiary/aromatic N) is 1. The standard InChI is InChI=1S/C21H19AsFIN2O/c1-14-12-17(24)3-5-19(14)22-20-13-16(23)2-4-18(20)21(27)26-11-8-15-6-9-25-10-7-15/h2-7,9-10,12-13,22H,8,11H2,1H3,(H,26,27). The molecule has 0 aliphatic rings. The Morgan fingerprint density at radius 3 is 2.63 bits per heavy atom. The molecule has 0 spiro atoms. The van der Waals surface area contributed by atoms with E-state index in [1.54, 1.807) is 18.5 Å². The first kappa shape index (κ1) is 20.0. The van der Waals surface area contributed by atoms with E-state index in [0.29, 0.717) is 12.1 Å². The maximum absolute atomic E-state index is 13.8. The Hall–Kier alpha value is -1.72. The molecule has 1 atom stereocenters. The van der Waals surface area contributed by atoms with E-state index in [1.807, 2.05) is 12.1 Å². The average Bonchev–Trinajstić information content (AvgIpc) is 2.65. The summed E-state index contributed by atoms with van der Waals surface area (Å²) in [5.41, 5.74) is 2.88. The molecule has 0 aliphatic carbocycles. The molecule has 3 rings (SSSR count). The number of rotatable bonds is 6. The Morgan fingerprint density at radius 2 is 1.89 bits per heavy atom. The Balaban J connectivity index is 1.73. The molecule has 0 saturated heterocycles. The van der Waals surface area contributed by atoms with Gasteiger partial charge in [-0.1, -0.05) is 0 Å². The molecule has 1 heterocycles. The van der Waals surface area contributed by atoms with Gasteiger partial charge in [-0.2, -0.15) is 0 Å². The first-order valence-electron chi connectivity index (χ1n) is 8.53. The summed E-state index contributed by atoms with van der Waals surface area (Å²) in [5, 5.41) is 2.95. The van der Waals surface area contributed by atoms with Crippen LogP contribution in [0.1, 0.15) is 21.5 Å². The number of hydrogen-bond donors (Lipinski definition) is 1. The fraction of sp³-hybridized carbons (Fsp3) is 0.143. The molecule has 0 saturated carbocycles. The van der Waals surface area contributed by atoms with E-state index >= 15 is 0 Å². The van der Waals surface area contributed by atoms with E-state index in [9.17, 15) is 9.18 Å². The number of hydrogen-bond acceptors (Lipinski definition) is 2. The van der Waals surface area contributed by atoms with Crippen molar-refractivity contribution < 1.29 is 9.18 Å². The molecular formula is C21H19AsFIN2O. The molecule has 1 aromatic heterocycles. The minimum absolute atomic E-state index is 0.147. The van der Waals surface area contributed by atoms with E-state index in [0.717, 1.165) is 16.3 Å². The summed E-state index contributed by atoms with van der Waals surface area (Å²) in [5.74, 6) is -0.448. The van der Waals surface area contributed by atoms with Crippen LogP contribution in [0.4, 0.5) is 4.39 Å². The topological polar surface area (TPSA) is 42.0 Å². The number of benzene rings is 2. The molecular weight excluding hydrogens is 517 g/mol. The SMILES string of the molecule is Cc1cc(I)ccc1[AsH]c1cc(F)ccc1C(=O)NCCc1ccncc1. The summed E-state index contributed by atoms with van der Waals surface area (Å²) in [4.78, 5) is 16.7. The number of aromatic nitrogens is 1. The van der Waals surface area contributed by atoms with Gasteiger partial charge in [-0.3, -0.25) is 0 Å². The molecule has 27 heavy (non-hydrogen) atoms. The van der Waals surface area contributed by atoms with Gasteiger partial charge in [0.05, 0.1) is 0 Å². The predicted octanol–water partition coefficient (Wildman–Crippen LogP) is 2.49. The van der Waals surface area contributed by atoms with Gasteiger partial charge in [0, 0.05) is 0 Å². The van der Waals surface area contributed by atoms with Crippen LogP contribution in [0.2, 0.25) is 0 Å². The number of amides is 1. The third-order valence-corrected chi connectivity index (χ3v) is 7.98. The van der Waals surface area contributed by atoms with Gasteiger partial charge >= 0.3 is 179 Å². The molecule has 2 aromatic carbocycles. The fourth-order valence-electron chi connectivity index (χ4n) is 2.70. The summed E-state index contributed by atoms with van der Waals surface area (Å²) in [7, 11) is 0. The van der Waals surface area contributed by atoms with Crippen LogP contribution < -0.4 is 14.0 Å². The molecule has 0 fully saturated rings. The Bertz CT molecular complexity index is 950. The summed E-state index contributed by atoms with van der Waals surface area (Å²) in [6.45, 7) is 2.59. The third kappa shape index (κ3) is 5.63. The van der Waals surface area contributed by atoms with Gasteiger partial charge in [-0.25, -0.2) is 0 Å². The summed E-state index contributed by atoms with van der Waals surface area (Å²) >= 11 is 1.47. The van der Waals surface area contributed by atoms with Crippen molar-refractivity contribution in [2.24, 2.45) is 0 Å². The van der Waals surface area contributed by atoms with Crippen molar-refractivity contribution in [3.05, 3.63) is 87.0 Å². The number of halogens is 2. The van der Waals surface area contributed by atoms with Gasteiger partial charge in [0.25, 0.3) is 0 Å². The van der Waals surface area contributed by atoms with Gasteiger partial charge in [0.15, 0.2) is 0 Å². The van der Waals surface area contributed by atoms with Crippen LogP contribution in [0.5, 0.6) is 0 Å². The van der Waals surface area contributed by atoms with Crippen LogP contribution in [0.25, 0.3) is 0 Å². The molecule has 0 aliphatic heterocycles. The van der Waals surface area contributed by atoms with E-state index in [4.69, 9.17) is 0 Å². The fourth-order valence-corrected chi connectivity index (χ4v) is 6.00. The zero-order valence-corrected chi connectivity index (χ0v) is 19.1. The first-order chi connectivity index (χ1) is 13.0. The molecule has 138 valence electrons. The predicted molar refractivity (Wildman–Crippen MR) is 117 cm³/mol. The normalized spacial score (nSPS) is 11.1. The Morgan fingerprint density at radius 1 is 1.11 bits per heavy atom. The van der Waals surface area contributed by atoms with Crippen LogP contribution in [-0.2, 0) is 6.42 Å². The summed E-state index contributed by atoms with van der Waals surface area (Å²) in [6.07, 6.45) is 4.21. The van der Waals surface area contributed by atoms with Gasteiger partial charge in [-0.15, -0.1) is 0 Å². The molecule has 6 heteroatoms. The molecule has 3 nitrogen and oxygen atoms in total. The monoisotopic (exact) mass is 536 g/mol. The second-order valence-corrected chi connectivity index (χ2v) is 10.2. The second-order valence-electron chi connectivity index (χ2n) is 6.14. The number of aryl methyl sites for hydroxylation is 1. The van der Waals surface area contributed by atoms with Crippen molar-refractivity contribution in [1.82, 2.24) is 10.3 Å². The molecule has 3 aromatic rings. The van der Waals surface area contributed by atoms with Crippen LogP contribution in [0, 0.1) is 16.3 Å². The van der Waals surface area contributed by atoms with E-state index in [-0.39, 0.29) is 11.7 Å². The van der Waals surface area contributed by atoms with Crippen LogP contribution in [-0.4, -0.2) is 33.2 Å². The summed E-state index contributed by atoms with van der Waals surface area (Å²) in [6, 6.07) is 14.6. The number of pyridine rings is 1. The van der Waals surface area contributed by atoms with Gasteiger partial charge in [0.1, 0.15) is 0 Å². The van der Waals surface area contributed by atoms with Crippen molar-refractivity contribution in [3.63, 3.8) is 0 Å². The molecule has 0 radical (unpaired) electrons. The van der Waals surface area contributed by atoms with Crippen LogP contribution in [0.15, 0.2) is 60.9 Å². The maximum atomic E-state index is 13.8. The van der Waals surface area contributed by atoms with Crippen LogP contribution in [0.3, 0.4) is 0 Å². The van der Waals surface area contributed by atoms with Crippen molar-refractivity contribution in [2.75, 3.05) is 6.54 Å². The van der Waals surface area contributed by atoms with E-state index < -0.39 is 15.8 Å². The van der Waals surface area contributed by atoms with Crippen molar-refractivity contribution in [2.45, 2.75) is 13.3 Å². The second kappa shape index (κ2) is 9.47.